The minimum absolute atomic E-state index is 0.813. The highest BCUT2D eigenvalue weighted by atomic mass is 15.2. The third kappa shape index (κ3) is 4.06. The molecule has 1 saturated heterocycles. The summed E-state index contributed by atoms with van der Waals surface area (Å²) in [6, 6.07) is 2.03. The Morgan fingerprint density at radius 3 is 3.00 bits per heavy atom. The fourth-order valence-electron chi connectivity index (χ4n) is 2.37. The molecule has 2 N–H and O–H groups in total. The van der Waals surface area contributed by atoms with E-state index in [1.807, 2.05) is 13.0 Å². The monoisotopic (exact) mass is 263 g/mol. The number of hydrogen-bond acceptors (Lipinski definition) is 5. The summed E-state index contributed by atoms with van der Waals surface area (Å²) < 4.78 is 0. The van der Waals surface area contributed by atoms with Gasteiger partial charge in [-0.05, 0) is 45.7 Å². The van der Waals surface area contributed by atoms with Gasteiger partial charge >= 0.3 is 0 Å². The van der Waals surface area contributed by atoms with Crippen molar-refractivity contribution in [3.8, 4) is 0 Å². The van der Waals surface area contributed by atoms with Gasteiger partial charge in [-0.3, -0.25) is 0 Å². The van der Waals surface area contributed by atoms with E-state index in [4.69, 9.17) is 0 Å². The number of rotatable bonds is 6. The zero-order valence-electron chi connectivity index (χ0n) is 12.2. The van der Waals surface area contributed by atoms with E-state index in [9.17, 15) is 0 Å². The molecule has 2 heterocycles. The summed E-state index contributed by atoms with van der Waals surface area (Å²) in [6.07, 6.45) is 2.50. The minimum atomic E-state index is 0.813. The van der Waals surface area contributed by atoms with Gasteiger partial charge in [-0.1, -0.05) is 0 Å². The van der Waals surface area contributed by atoms with Crippen LogP contribution in [-0.4, -0.2) is 43.2 Å². The van der Waals surface area contributed by atoms with Crippen LogP contribution >= 0.6 is 0 Å². The Kier molecular flexibility index (Phi) is 4.96. The molecule has 0 spiro atoms. The van der Waals surface area contributed by atoms with Gasteiger partial charge in [0.2, 0.25) is 0 Å². The summed E-state index contributed by atoms with van der Waals surface area (Å²) in [6.45, 7) is 8.33. The maximum absolute atomic E-state index is 4.45. The molecule has 5 nitrogen and oxygen atoms in total. The van der Waals surface area contributed by atoms with Crippen molar-refractivity contribution in [2.45, 2.75) is 26.7 Å². The lowest BCUT2D eigenvalue weighted by Gasteiger charge is -2.17. The maximum Gasteiger partial charge on any atom is 0.134 e. The van der Waals surface area contributed by atoms with E-state index in [1.165, 1.54) is 19.4 Å². The number of nitrogens with one attached hydrogen (secondary N) is 2. The van der Waals surface area contributed by atoms with Crippen molar-refractivity contribution in [3.63, 3.8) is 0 Å². The van der Waals surface area contributed by atoms with Crippen molar-refractivity contribution in [2.75, 3.05) is 43.4 Å². The Morgan fingerprint density at radius 1 is 1.47 bits per heavy atom. The number of nitrogens with zero attached hydrogens (tertiary/aromatic N) is 3. The first kappa shape index (κ1) is 14.1. The fraction of sp³-hybridized carbons (Fsp3) is 0.714. The first-order valence-electron chi connectivity index (χ1n) is 7.20. The number of aryl methyl sites for hydroxylation is 1. The van der Waals surface area contributed by atoms with Crippen molar-refractivity contribution in [3.05, 3.63) is 11.9 Å². The number of hydrogen-bond donors (Lipinski definition) is 2. The van der Waals surface area contributed by atoms with Crippen LogP contribution < -0.4 is 15.5 Å². The predicted octanol–water partition coefficient (Wildman–Crippen LogP) is 1.65. The van der Waals surface area contributed by atoms with Gasteiger partial charge in [0.25, 0.3) is 0 Å². The predicted molar refractivity (Wildman–Crippen MR) is 79.8 cm³/mol. The molecular weight excluding hydrogens is 238 g/mol. The average molecular weight is 263 g/mol. The molecule has 1 aromatic rings. The lowest BCUT2D eigenvalue weighted by molar-refractivity contribution is 0.549. The van der Waals surface area contributed by atoms with Crippen molar-refractivity contribution in [1.82, 2.24) is 15.3 Å². The van der Waals surface area contributed by atoms with Crippen molar-refractivity contribution < 1.29 is 0 Å². The van der Waals surface area contributed by atoms with Gasteiger partial charge in [-0.25, -0.2) is 9.97 Å². The minimum Gasteiger partial charge on any atom is -0.370 e. The van der Waals surface area contributed by atoms with Crippen LogP contribution in [-0.2, 0) is 0 Å². The van der Waals surface area contributed by atoms with Crippen LogP contribution in [0.25, 0.3) is 0 Å². The quantitative estimate of drug-likeness (QED) is 0.817. The Bertz CT molecular complexity index is 401. The van der Waals surface area contributed by atoms with Crippen molar-refractivity contribution >= 4 is 11.6 Å². The molecule has 1 aromatic heterocycles. The fourth-order valence-corrected chi connectivity index (χ4v) is 2.37. The second kappa shape index (κ2) is 6.70. The van der Waals surface area contributed by atoms with E-state index >= 15 is 0 Å². The lowest BCUT2D eigenvalue weighted by atomic mass is 10.1. The van der Waals surface area contributed by atoms with Crippen LogP contribution in [0.15, 0.2) is 6.07 Å². The third-order valence-corrected chi connectivity index (χ3v) is 3.71. The molecule has 19 heavy (non-hydrogen) atoms. The van der Waals surface area contributed by atoms with Crippen LogP contribution in [0.3, 0.4) is 0 Å². The van der Waals surface area contributed by atoms with Gasteiger partial charge in [-0.2, -0.15) is 0 Å². The SMILES string of the molecule is CCN(C)c1cc(NCCC2CCNC2)nc(C)n1. The molecule has 1 aliphatic rings. The molecule has 0 bridgehead atoms. The third-order valence-electron chi connectivity index (χ3n) is 3.71. The largest absolute Gasteiger partial charge is 0.370 e. The summed E-state index contributed by atoms with van der Waals surface area (Å²) in [5.41, 5.74) is 0. The van der Waals surface area contributed by atoms with Gasteiger partial charge in [0, 0.05) is 26.2 Å². The van der Waals surface area contributed by atoms with Crippen LogP contribution in [0.5, 0.6) is 0 Å². The molecule has 0 radical (unpaired) electrons. The van der Waals surface area contributed by atoms with E-state index in [-0.39, 0.29) is 0 Å². The Balaban J connectivity index is 1.89. The Labute approximate surface area is 115 Å². The zero-order valence-corrected chi connectivity index (χ0v) is 12.2. The summed E-state index contributed by atoms with van der Waals surface area (Å²) >= 11 is 0. The molecule has 5 heteroatoms. The summed E-state index contributed by atoms with van der Waals surface area (Å²) in [7, 11) is 2.05. The Morgan fingerprint density at radius 2 is 2.32 bits per heavy atom. The van der Waals surface area contributed by atoms with Gasteiger partial charge < -0.3 is 15.5 Å². The molecule has 0 aromatic carbocycles. The smallest absolute Gasteiger partial charge is 0.134 e. The highest BCUT2D eigenvalue weighted by Gasteiger charge is 2.13. The van der Waals surface area contributed by atoms with Gasteiger partial charge in [0.15, 0.2) is 0 Å². The van der Waals surface area contributed by atoms with E-state index in [1.54, 1.807) is 0 Å². The second-order valence-electron chi connectivity index (χ2n) is 5.25. The van der Waals surface area contributed by atoms with Crippen molar-refractivity contribution in [2.24, 2.45) is 5.92 Å². The lowest BCUT2D eigenvalue weighted by Crippen LogP contribution is -2.19. The first-order chi connectivity index (χ1) is 9.19. The molecule has 0 saturated carbocycles. The molecular formula is C14H25N5. The molecule has 1 aliphatic heterocycles. The van der Waals surface area contributed by atoms with Crippen LogP contribution in [0.1, 0.15) is 25.6 Å². The van der Waals surface area contributed by atoms with Gasteiger partial charge in [0.1, 0.15) is 17.5 Å². The summed E-state index contributed by atoms with van der Waals surface area (Å²) in [5.74, 6) is 3.56. The average Bonchev–Trinajstić information content (AvgIpc) is 2.90. The van der Waals surface area contributed by atoms with E-state index in [0.717, 1.165) is 43.0 Å². The topological polar surface area (TPSA) is 53.1 Å². The molecule has 1 atom stereocenters. The molecule has 0 aliphatic carbocycles. The summed E-state index contributed by atoms with van der Waals surface area (Å²) in [5, 5.41) is 6.83. The highest BCUT2D eigenvalue weighted by Crippen LogP contribution is 2.16. The molecule has 106 valence electrons. The highest BCUT2D eigenvalue weighted by molar-refractivity contribution is 5.48. The van der Waals surface area contributed by atoms with Crippen LogP contribution in [0.2, 0.25) is 0 Å². The Hall–Kier alpha value is -1.36. The van der Waals surface area contributed by atoms with E-state index < -0.39 is 0 Å². The van der Waals surface area contributed by atoms with Crippen molar-refractivity contribution in [1.29, 1.82) is 0 Å². The number of anilines is 2. The van der Waals surface area contributed by atoms with Crippen LogP contribution in [0.4, 0.5) is 11.6 Å². The first-order valence-corrected chi connectivity index (χ1v) is 7.20. The normalized spacial score (nSPS) is 18.6. The standard InChI is InChI=1S/C14H25N5/c1-4-19(3)14-9-13(17-11(2)18-14)16-8-6-12-5-7-15-10-12/h9,12,15H,4-8,10H2,1-3H3,(H,16,17,18). The summed E-state index contributed by atoms with van der Waals surface area (Å²) in [4.78, 5) is 11.0. The molecule has 1 unspecified atom stereocenters. The van der Waals surface area contributed by atoms with Gasteiger partial charge in [-0.15, -0.1) is 0 Å². The molecule has 0 amide bonds. The van der Waals surface area contributed by atoms with Crippen LogP contribution in [0, 0.1) is 12.8 Å². The van der Waals surface area contributed by atoms with E-state index in [2.05, 4.69) is 39.5 Å². The number of aromatic nitrogens is 2. The van der Waals surface area contributed by atoms with Gasteiger partial charge in [0.05, 0.1) is 0 Å². The van der Waals surface area contributed by atoms with E-state index in [0.29, 0.717) is 0 Å². The zero-order chi connectivity index (χ0) is 13.7. The maximum atomic E-state index is 4.45. The molecule has 1 fully saturated rings. The molecule has 2 rings (SSSR count). The second-order valence-corrected chi connectivity index (χ2v) is 5.25.